The molecule has 0 bridgehead atoms. The molecule has 0 saturated heterocycles. The molecule has 0 radical (unpaired) electrons. The number of hydrogen-bond donors (Lipinski definition) is 4. The number of phenols is 4. The lowest BCUT2D eigenvalue weighted by Gasteiger charge is -2.36. The molecular formula is C31H28Br4O4. The minimum absolute atomic E-state index is 0.140. The van der Waals surface area contributed by atoms with Crippen LogP contribution in [0.4, 0.5) is 0 Å². The van der Waals surface area contributed by atoms with Crippen LogP contribution in [0.5, 0.6) is 23.0 Å². The molecule has 0 saturated carbocycles. The van der Waals surface area contributed by atoms with Crippen LogP contribution in [-0.2, 0) is 10.8 Å². The second kappa shape index (κ2) is 11.9. The van der Waals surface area contributed by atoms with Crippen LogP contribution < -0.4 is 0 Å². The van der Waals surface area contributed by atoms with Crippen molar-refractivity contribution in [2.75, 3.05) is 0 Å². The van der Waals surface area contributed by atoms with Gasteiger partial charge in [0, 0.05) is 10.8 Å². The minimum atomic E-state index is -0.484. The van der Waals surface area contributed by atoms with Crippen LogP contribution in [0.3, 0.4) is 0 Å². The molecule has 4 N–H and O–H groups in total. The second-order valence-corrected chi connectivity index (χ2v) is 13.6. The zero-order valence-corrected chi connectivity index (χ0v) is 27.7. The number of benzene rings is 4. The normalized spacial score (nSPS) is 12.1. The van der Waals surface area contributed by atoms with Crippen molar-refractivity contribution in [2.45, 2.75) is 43.9 Å². The Morgan fingerprint density at radius 1 is 0.487 bits per heavy atom. The molecular weight excluding hydrogens is 756 g/mol. The van der Waals surface area contributed by atoms with Gasteiger partial charge in [0.1, 0.15) is 23.0 Å². The Bertz CT molecular complexity index is 1330. The standard InChI is InChI=1S/C31H28Br4O4/c1-30(18-4-8-22(36)9-5-18,19-6-10-23(37)11-7-19)12-3-13-31(2,20-14-24(32)28(38)25(33)15-20)21-16-26(34)29(39)27(35)17-21/h4-11,14-17,36-39H,3,12-13H2,1-2H3. The van der Waals surface area contributed by atoms with Crippen molar-refractivity contribution in [3.63, 3.8) is 0 Å². The van der Waals surface area contributed by atoms with Gasteiger partial charge in [-0.05, 0) is 147 Å². The van der Waals surface area contributed by atoms with Gasteiger partial charge in [-0.3, -0.25) is 0 Å². The average molecular weight is 784 g/mol. The third-order valence-corrected chi connectivity index (χ3v) is 10.1. The molecule has 4 nitrogen and oxygen atoms in total. The number of halogens is 4. The maximum Gasteiger partial charge on any atom is 0.143 e. The van der Waals surface area contributed by atoms with E-state index in [9.17, 15) is 20.4 Å². The van der Waals surface area contributed by atoms with Crippen molar-refractivity contribution in [1.82, 2.24) is 0 Å². The quantitative estimate of drug-likeness (QED) is 0.144. The van der Waals surface area contributed by atoms with Gasteiger partial charge in [0.2, 0.25) is 0 Å². The van der Waals surface area contributed by atoms with Gasteiger partial charge in [-0.1, -0.05) is 44.5 Å². The molecule has 0 aliphatic heterocycles. The van der Waals surface area contributed by atoms with Crippen molar-refractivity contribution < 1.29 is 20.4 Å². The first-order chi connectivity index (χ1) is 18.3. The van der Waals surface area contributed by atoms with E-state index in [4.69, 9.17) is 0 Å². The van der Waals surface area contributed by atoms with Crippen LogP contribution in [0.25, 0.3) is 0 Å². The lowest BCUT2D eigenvalue weighted by molar-refractivity contribution is 0.421. The summed E-state index contributed by atoms with van der Waals surface area (Å²) in [5, 5.41) is 40.6. The molecule has 204 valence electrons. The number of phenolic OH excluding ortho intramolecular Hbond substituents is 4. The summed E-state index contributed by atoms with van der Waals surface area (Å²) in [5.74, 6) is 0.709. The van der Waals surface area contributed by atoms with E-state index in [1.165, 1.54) is 0 Å². The Morgan fingerprint density at radius 3 is 1.08 bits per heavy atom. The molecule has 0 fully saturated rings. The molecule has 8 heteroatoms. The van der Waals surface area contributed by atoms with E-state index in [2.05, 4.69) is 77.6 Å². The Labute approximate surface area is 262 Å². The van der Waals surface area contributed by atoms with E-state index in [-0.39, 0.29) is 28.4 Å². The number of aromatic hydroxyl groups is 4. The molecule has 4 rings (SSSR count). The smallest absolute Gasteiger partial charge is 0.143 e. The van der Waals surface area contributed by atoms with Crippen LogP contribution in [0, 0.1) is 0 Å². The van der Waals surface area contributed by atoms with Crippen molar-refractivity contribution >= 4 is 63.7 Å². The maximum atomic E-state index is 10.4. The fourth-order valence-corrected chi connectivity index (χ4v) is 7.51. The van der Waals surface area contributed by atoms with Gasteiger partial charge in [-0.2, -0.15) is 0 Å². The second-order valence-electron chi connectivity index (χ2n) is 10.2. The average Bonchev–Trinajstić information content (AvgIpc) is 2.90. The SMILES string of the molecule is CC(CCCC(C)(c1cc(Br)c(O)c(Br)c1)c1cc(Br)c(O)c(Br)c1)(c1ccc(O)cc1)c1ccc(O)cc1. The highest BCUT2D eigenvalue weighted by Crippen LogP contribution is 2.47. The summed E-state index contributed by atoms with van der Waals surface area (Å²) >= 11 is 14.0. The van der Waals surface area contributed by atoms with Gasteiger partial charge >= 0.3 is 0 Å². The summed E-state index contributed by atoms with van der Waals surface area (Å²) in [6, 6.07) is 22.4. The van der Waals surface area contributed by atoms with Crippen LogP contribution in [0.2, 0.25) is 0 Å². The largest absolute Gasteiger partial charge is 0.508 e. The van der Waals surface area contributed by atoms with E-state index >= 15 is 0 Å². The summed E-state index contributed by atoms with van der Waals surface area (Å²) < 4.78 is 2.36. The zero-order chi connectivity index (χ0) is 28.5. The molecule has 0 atom stereocenters. The van der Waals surface area contributed by atoms with Gasteiger partial charge < -0.3 is 20.4 Å². The number of hydrogen-bond acceptors (Lipinski definition) is 4. The molecule has 4 aromatic rings. The van der Waals surface area contributed by atoms with E-state index in [0.717, 1.165) is 41.5 Å². The third-order valence-electron chi connectivity index (χ3n) is 7.67. The van der Waals surface area contributed by atoms with Crippen molar-refractivity contribution in [2.24, 2.45) is 0 Å². The molecule has 39 heavy (non-hydrogen) atoms. The molecule has 0 aliphatic rings. The Balaban J connectivity index is 1.76. The molecule has 4 aromatic carbocycles. The molecule has 0 heterocycles. The minimum Gasteiger partial charge on any atom is -0.508 e. The Hall–Kier alpha value is -2.00. The highest BCUT2D eigenvalue weighted by Gasteiger charge is 2.34. The fourth-order valence-electron chi connectivity index (χ4n) is 5.13. The van der Waals surface area contributed by atoms with Crippen LogP contribution in [-0.4, -0.2) is 20.4 Å². The van der Waals surface area contributed by atoms with Crippen LogP contribution in [0.15, 0.2) is 90.7 Å². The maximum absolute atomic E-state index is 10.4. The summed E-state index contributed by atoms with van der Waals surface area (Å²) in [5.41, 5.74) is 3.27. The van der Waals surface area contributed by atoms with Crippen molar-refractivity contribution in [1.29, 1.82) is 0 Å². The molecule has 0 aromatic heterocycles. The lowest BCUT2D eigenvalue weighted by Crippen LogP contribution is -2.27. The summed E-state index contributed by atoms with van der Waals surface area (Å²) in [4.78, 5) is 0. The van der Waals surface area contributed by atoms with Crippen molar-refractivity contribution in [3.8, 4) is 23.0 Å². The first-order valence-corrected chi connectivity index (χ1v) is 15.5. The summed E-state index contributed by atoms with van der Waals surface area (Å²) in [6.07, 6.45) is 2.37. The zero-order valence-electron chi connectivity index (χ0n) is 21.4. The highest BCUT2D eigenvalue weighted by atomic mass is 79.9. The Morgan fingerprint density at radius 2 is 0.769 bits per heavy atom. The van der Waals surface area contributed by atoms with E-state index < -0.39 is 5.41 Å². The summed E-state index contributed by atoms with van der Waals surface area (Å²) in [6.45, 7) is 4.35. The van der Waals surface area contributed by atoms with Gasteiger partial charge in [-0.15, -0.1) is 0 Å². The predicted molar refractivity (Wildman–Crippen MR) is 170 cm³/mol. The Kier molecular flexibility index (Phi) is 9.11. The lowest BCUT2D eigenvalue weighted by atomic mass is 9.68. The first kappa shape index (κ1) is 30.0. The van der Waals surface area contributed by atoms with Crippen LogP contribution >= 0.6 is 63.7 Å². The number of rotatable bonds is 8. The van der Waals surface area contributed by atoms with Crippen LogP contribution in [0.1, 0.15) is 55.4 Å². The fraction of sp³-hybridized carbons (Fsp3) is 0.226. The molecule has 0 amide bonds. The highest BCUT2D eigenvalue weighted by molar-refractivity contribution is 9.11. The van der Waals surface area contributed by atoms with E-state index in [1.54, 1.807) is 24.3 Å². The summed E-state index contributed by atoms with van der Waals surface area (Å²) in [7, 11) is 0. The van der Waals surface area contributed by atoms with Gasteiger partial charge in [-0.25, -0.2) is 0 Å². The van der Waals surface area contributed by atoms with Gasteiger partial charge in [0.05, 0.1) is 17.9 Å². The molecule has 0 unspecified atom stereocenters. The van der Waals surface area contributed by atoms with Gasteiger partial charge in [0.15, 0.2) is 0 Å². The van der Waals surface area contributed by atoms with Gasteiger partial charge in [0.25, 0.3) is 0 Å². The predicted octanol–water partition coefficient (Wildman–Crippen LogP) is 10.0. The molecule has 0 spiro atoms. The van der Waals surface area contributed by atoms with Crippen molar-refractivity contribution in [3.05, 3.63) is 113 Å². The van der Waals surface area contributed by atoms with E-state index in [1.807, 2.05) is 48.5 Å². The van der Waals surface area contributed by atoms with E-state index in [0.29, 0.717) is 17.9 Å². The molecule has 0 aliphatic carbocycles. The topological polar surface area (TPSA) is 80.9 Å². The third kappa shape index (κ3) is 6.19. The monoisotopic (exact) mass is 780 g/mol. The first-order valence-electron chi connectivity index (χ1n) is 12.3.